The molecule has 0 saturated carbocycles. The number of para-hydroxylation sites is 2. The van der Waals surface area contributed by atoms with E-state index in [4.69, 9.17) is 28.4 Å². The SMILES string of the molecule is C[C@@H]1C(=O)N[C@H](c2ccc3c(c2)OCO3)C/C=C/C[C@H](C)Oc2ccccc2C(=O)N1C.C[C@@H]1C(=O)N[C@H](c2ccc3c(c2)OCO3)C/C=C\C[C@H](C)Oc2ccccc2C(=O)N1C. The first-order chi connectivity index (χ1) is 30.9. The van der Waals surface area contributed by atoms with Gasteiger partial charge in [0.25, 0.3) is 11.8 Å². The first kappa shape index (κ1) is 45.1. The Labute approximate surface area is 374 Å². The van der Waals surface area contributed by atoms with Gasteiger partial charge in [-0.1, -0.05) is 60.7 Å². The van der Waals surface area contributed by atoms with Crippen molar-refractivity contribution in [2.75, 3.05) is 27.7 Å². The van der Waals surface area contributed by atoms with Crippen LogP contribution in [0.3, 0.4) is 0 Å². The van der Waals surface area contributed by atoms with Crippen LogP contribution in [-0.4, -0.2) is 85.4 Å². The van der Waals surface area contributed by atoms with Crippen molar-refractivity contribution in [1.29, 1.82) is 0 Å². The minimum atomic E-state index is -0.670. The molecule has 0 bridgehead atoms. The van der Waals surface area contributed by atoms with Gasteiger partial charge in [-0.2, -0.15) is 0 Å². The summed E-state index contributed by atoms with van der Waals surface area (Å²) in [7, 11) is 3.27. The van der Waals surface area contributed by atoms with Gasteiger partial charge in [-0.05, 0) is 100 Å². The molecule has 14 heteroatoms. The molecule has 6 atom stereocenters. The van der Waals surface area contributed by atoms with Gasteiger partial charge in [-0.25, -0.2) is 0 Å². The number of nitrogens with one attached hydrogen (secondary N) is 2. The van der Waals surface area contributed by atoms with Gasteiger partial charge in [0.1, 0.15) is 23.6 Å². The Hall–Kier alpha value is -6.96. The molecule has 8 rings (SSSR count). The van der Waals surface area contributed by atoms with Crippen LogP contribution in [0.2, 0.25) is 0 Å². The van der Waals surface area contributed by atoms with Crippen molar-refractivity contribution in [2.24, 2.45) is 0 Å². The van der Waals surface area contributed by atoms with Gasteiger partial charge in [0.15, 0.2) is 23.0 Å². The Morgan fingerprint density at radius 3 is 1.27 bits per heavy atom. The number of benzene rings is 4. The Kier molecular flexibility index (Phi) is 14.4. The Balaban J connectivity index is 0.000000191. The molecule has 4 aliphatic rings. The maximum Gasteiger partial charge on any atom is 0.258 e. The molecule has 0 unspecified atom stereocenters. The highest BCUT2D eigenvalue weighted by Crippen LogP contribution is 2.37. The second-order valence-corrected chi connectivity index (χ2v) is 16.3. The van der Waals surface area contributed by atoms with Crippen LogP contribution in [0.4, 0.5) is 0 Å². The highest BCUT2D eigenvalue weighted by Gasteiger charge is 2.30. The Bertz CT molecular complexity index is 2230. The maximum atomic E-state index is 13.2. The predicted octanol–water partition coefficient (Wildman–Crippen LogP) is 7.70. The zero-order valence-corrected chi connectivity index (χ0v) is 37.1. The molecule has 4 aromatic rings. The summed E-state index contributed by atoms with van der Waals surface area (Å²) < 4.78 is 33.9. The zero-order chi connectivity index (χ0) is 45.3. The number of hydrogen-bond acceptors (Lipinski definition) is 10. The number of fused-ring (bicyclic) bond motifs is 4. The van der Waals surface area contributed by atoms with Crippen molar-refractivity contribution in [2.45, 2.75) is 89.8 Å². The Morgan fingerprint density at radius 2 is 0.844 bits per heavy atom. The van der Waals surface area contributed by atoms with E-state index in [1.165, 1.54) is 9.80 Å². The molecule has 0 fully saturated rings. The number of amides is 4. The van der Waals surface area contributed by atoms with Gasteiger partial charge in [0, 0.05) is 26.9 Å². The summed E-state index contributed by atoms with van der Waals surface area (Å²) in [5.74, 6) is 2.77. The zero-order valence-electron chi connectivity index (χ0n) is 37.1. The van der Waals surface area contributed by atoms with Crippen molar-refractivity contribution in [3.63, 3.8) is 0 Å². The van der Waals surface area contributed by atoms with E-state index >= 15 is 0 Å². The first-order valence-corrected chi connectivity index (χ1v) is 21.6. The highest BCUT2D eigenvalue weighted by molar-refractivity contribution is 6.00. The van der Waals surface area contributed by atoms with Gasteiger partial charge in [0.2, 0.25) is 25.4 Å². The third-order valence-corrected chi connectivity index (χ3v) is 11.7. The average Bonchev–Trinajstić information content (AvgIpc) is 3.99. The normalized spacial score (nSPS) is 24.7. The van der Waals surface area contributed by atoms with Crippen LogP contribution in [0.25, 0.3) is 0 Å². The number of nitrogens with zero attached hydrogens (tertiary/aromatic N) is 2. The summed E-state index contributed by atoms with van der Waals surface area (Å²) in [5.41, 5.74) is 2.70. The second kappa shape index (κ2) is 20.5. The number of likely N-dealkylation sites (N-methyl/N-ethyl adjacent to an activating group) is 2. The van der Waals surface area contributed by atoms with Crippen molar-refractivity contribution in [3.05, 3.63) is 131 Å². The third kappa shape index (κ3) is 10.6. The molecular formula is C50H56N4O10. The summed E-state index contributed by atoms with van der Waals surface area (Å²) in [5, 5.41) is 6.21. The van der Waals surface area contributed by atoms with Crippen LogP contribution in [0.15, 0.2) is 109 Å². The summed E-state index contributed by atoms with van der Waals surface area (Å²) in [6.07, 6.45) is 10.5. The van der Waals surface area contributed by atoms with Gasteiger partial charge in [-0.3, -0.25) is 19.2 Å². The first-order valence-electron chi connectivity index (χ1n) is 21.6. The molecule has 2 N–H and O–H groups in total. The largest absolute Gasteiger partial charge is 0.490 e. The van der Waals surface area contributed by atoms with Crippen molar-refractivity contribution in [3.8, 4) is 34.5 Å². The van der Waals surface area contributed by atoms with E-state index in [2.05, 4.69) is 10.6 Å². The Morgan fingerprint density at radius 1 is 0.469 bits per heavy atom. The molecule has 14 nitrogen and oxygen atoms in total. The summed E-state index contributed by atoms with van der Waals surface area (Å²) in [6, 6.07) is 23.7. The monoisotopic (exact) mass is 872 g/mol. The summed E-state index contributed by atoms with van der Waals surface area (Å²) >= 11 is 0. The molecule has 4 aromatic carbocycles. The lowest BCUT2D eigenvalue weighted by molar-refractivity contribution is -0.126. The van der Waals surface area contributed by atoms with Crippen LogP contribution < -0.4 is 39.1 Å². The molecule has 0 aromatic heterocycles. The fourth-order valence-corrected chi connectivity index (χ4v) is 7.55. The lowest BCUT2D eigenvalue weighted by Gasteiger charge is -2.28. The van der Waals surface area contributed by atoms with E-state index < -0.39 is 12.1 Å². The van der Waals surface area contributed by atoms with E-state index in [1.54, 1.807) is 64.3 Å². The molecule has 4 heterocycles. The van der Waals surface area contributed by atoms with Crippen molar-refractivity contribution >= 4 is 23.6 Å². The standard InChI is InChI=1S/2C25H28N2O5/c2*1-16-8-4-6-10-20(18-12-13-22-23(14-18)31-15-30-22)26-24(28)17(2)27(3)25(29)19-9-5-7-11-21(19)32-16/h2*4-7,9,11-14,16-17,20H,8,10,15H2,1-3H3,(H,26,28)/b6-4+;6-4-/t2*16-,17+,20-/m00/s1. The number of rotatable bonds is 2. The molecule has 4 amide bonds. The van der Waals surface area contributed by atoms with Crippen molar-refractivity contribution < 1.29 is 47.6 Å². The summed E-state index contributed by atoms with van der Waals surface area (Å²) in [4.78, 5) is 55.4. The molecule has 64 heavy (non-hydrogen) atoms. The molecule has 0 aliphatic carbocycles. The fraction of sp³-hybridized carbons (Fsp3) is 0.360. The quantitative estimate of drug-likeness (QED) is 0.192. The van der Waals surface area contributed by atoms with Crippen LogP contribution in [0.5, 0.6) is 34.5 Å². The van der Waals surface area contributed by atoms with Gasteiger partial charge < -0.3 is 48.9 Å². The molecule has 0 saturated heterocycles. The molecule has 0 spiro atoms. The average molecular weight is 873 g/mol. The number of hydrogen-bond donors (Lipinski definition) is 2. The van der Waals surface area contributed by atoms with Crippen LogP contribution in [-0.2, 0) is 9.59 Å². The number of carbonyl (C=O) groups is 4. The van der Waals surface area contributed by atoms with E-state index in [0.717, 1.165) is 11.1 Å². The van der Waals surface area contributed by atoms with Gasteiger partial charge in [-0.15, -0.1) is 0 Å². The van der Waals surface area contributed by atoms with Crippen LogP contribution in [0.1, 0.15) is 97.3 Å². The molecular weight excluding hydrogens is 817 g/mol. The fourth-order valence-electron chi connectivity index (χ4n) is 7.55. The summed E-state index contributed by atoms with van der Waals surface area (Å²) in [6.45, 7) is 7.77. The van der Waals surface area contributed by atoms with E-state index in [-0.39, 0.29) is 61.5 Å². The number of ether oxygens (including phenoxy) is 6. The van der Waals surface area contributed by atoms with Gasteiger partial charge >= 0.3 is 0 Å². The predicted molar refractivity (Wildman–Crippen MR) is 240 cm³/mol. The van der Waals surface area contributed by atoms with Crippen molar-refractivity contribution in [1.82, 2.24) is 20.4 Å². The number of carbonyl (C=O) groups excluding carboxylic acids is 4. The van der Waals surface area contributed by atoms with E-state index in [1.807, 2.05) is 86.7 Å². The lowest BCUT2D eigenvalue weighted by atomic mass is 10.0. The minimum Gasteiger partial charge on any atom is -0.490 e. The van der Waals surface area contributed by atoms with Crippen LogP contribution >= 0.6 is 0 Å². The molecule has 4 aliphatic heterocycles. The molecule has 0 radical (unpaired) electrons. The highest BCUT2D eigenvalue weighted by atomic mass is 16.7. The smallest absolute Gasteiger partial charge is 0.258 e. The van der Waals surface area contributed by atoms with Gasteiger partial charge in [0.05, 0.1) is 35.4 Å². The second-order valence-electron chi connectivity index (χ2n) is 16.3. The topological polar surface area (TPSA) is 154 Å². The lowest BCUT2D eigenvalue weighted by Crippen LogP contribution is -2.47. The molecule has 336 valence electrons. The van der Waals surface area contributed by atoms with E-state index in [9.17, 15) is 19.2 Å². The third-order valence-electron chi connectivity index (χ3n) is 11.7. The van der Waals surface area contributed by atoms with E-state index in [0.29, 0.717) is 71.3 Å². The van der Waals surface area contributed by atoms with Crippen LogP contribution in [0, 0.1) is 0 Å². The maximum absolute atomic E-state index is 13.2. The minimum absolute atomic E-state index is 0.107.